The van der Waals surface area contributed by atoms with Crippen LogP contribution in [0.3, 0.4) is 0 Å². The Hall–Kier alpha value is -1.80. The molecule has 2 aromatic rings. The standard InChI is InChI=1S/C15H17NO/c1-12-7-9-14(10-8-12)16-15-6-4-3-5-13(15)11-17-2/h3-10,16H,11H2,1-2H3. The van der Waals surface area contributed by atoms with Crippen LogP contribution >= 0.6 is 0 Å². The van der Waals surface area contributed by atoms with Crippen molar-refractivity contribution in [3.8, 4) is 0 Å². The van der Waals surface area contributed by atoms with Gasteiger partial charge in [-0.1, -0.05) is 35.9 Å². The number of benzene rings is 2. The van der Waals surface area contributed by atoms with E-state index in [1.165, 1.54) is 5.56 Å². The van der Waals surface area contributed by atoms with Gasteiger partial charge in [0, 0.05) is 24.0 Å². The number of methoxy groups -OCH3 is 1. The summed E-state index contributed by atoms with van der Waals surface area (Å²) < 4.78 is 5.19. The van der Waals surface area contributed by atoms with E-state index < -0.39 is 0 Å². The fourth-order valence-corrected chi connectivity index (χ4v) is 1.72. The van der Waals surface area contributed by atoms with Crippen LogP contribution in [0.5, 0.6) is 0 Å². The summed E-state index contributed by atoms with van der Waals surface area (Å²) in [5.41, 5.74) is 4.62. The summed E-state index contributed by atoms with van der Waals surface area (Å²) in [5, 5.41) is 3.40. The lowest BCUT2D eigenvalue weighted by Gasteiger charge is -2.11. The van der Waals surface area contributed by atoms with E-state index in [1.54, 1.807) is 7.11 Å². The molecule has 0 heterocycles. The molecular weight excluding hydrogens is 210 g/mol. The average molecular weight is 227 g/mol. The monoisotopic (exact) mass is 227 g/mol. The minimum Gasteiger partial charge on any atom is -0.380 e. The van der Waals surface area contributed by atoms with Gasteiger partial charge in [0.1, 0.15) is 0 Å². The van der Waals surface area contributed by atoms with Crippen LogP contribution in [-0.4, -0.2) is 7.11 Å². The molecule has 0 aromatic heterocycles. The van der Waals surface area contributed by atoms with E-state index in [9.17, 15) is 0 Å². The van der Waals surface area contributed by atoms with Crippen molar-refractivity contribution in [3.63, 3.8) is 0 Å². The molecule has 0 radical (unpaired) electrons. The lowest BCUT2D eigenvalue weighted by Crippen LogP contribution is -1.97. The molecule has 0 spiro atoms. The predicted octanol–water partition coefficient (Wildman–Crippen LogP) is 3.89. The van der Waals surface area contributed by atoms with E-state index in [4.69, 9.17) is 4.74 Å². The fourth-order valence-electron chi connectivity index (χ4n) is 1.72. The van der Waals surface area contributed by atoms with Crippen molar-refractivity contribution in [2.45, 2.75) is 13.5 Å². The third-order valence-electron chi connectivity index (χ3n) is 2.65. The van der Waals surface area contributed by atoms with E-state index in [0.29, 0.717) is 6.61 Å². The van der Waals surface area contributed by atoms with Gasteiger partial charge in [0.15, 0.2) is 0 Å². The van der Waals surface area contributed by atoms with E-state index >= 15 is 0 Å². The maximum atomic E-state index is 5.19. The topological polar surface area (TPSA) is 21.3 Å². The number of ether oxygens (including phenoxy) is 1. The highest BCUT2D eigenvalue weighted by Gasteiger charge is 2.01. The Morgan fingerprint density at radius 3 is 2.41 bits per heavy atom. The first kappa shape index (κ1) is 11.7. The molecule has 0 aliphatic rings. The van der Waals surface area contributed by atoms with Gasteiger partial charge in [0.05, 0.1) is 6.61 Å². The van der Waals surface area contributed by atoms with Crippen LogP contribution in [0.4, 0.5) is 11.4 Å². The molecular formula is C15H17NO. The molecule has 0 amide bonds. The number of anilines is 2. The summed E-state index contributed by atoms with van der Waals surface area (Å²) in [7, 11) is 1.71. The summed E-state index contributed by atoms with van der Waals surface area (Å²) in [6.45, 7) is 2.71. The molecule has 0 fully saturated rings. The van der Waals surface area contributed by atoms with Crippen molar-refractivity contribution in [2.75, 3.05) is 12.4 Å². The van der Waals surface area contributed by atoms with Gasteiger partial charge in [0.2, 0.25) is 0 Å². The summed E-state index contributed by atoms with van der Waals surface area (Å²) in [4.78, 5) is 0. The summed E-state index contributed by atoms with van der Waals surface area (Å²) in [5.74, 6) is 0. The van der Waals surface area contributed by atoms with Crippen LogP contribution < -0.4 is 5.32 Å². The van der Waals surface area contributed by atoms with Gasteiger partial charge in [-0.3, -0.25) is 0 Å². The Labute approximate surface area is 102 Å². The zero-order chi connectivity index (χ0) is 12.1. The number of rotatable bonds is 4. The molecule has 2 rings (SSSR count). The van der Waals surface area contributed by atoms with Crippen LogP contribution in [0, 0.1) is 6.92 Å². The average Bonchev–Trinajstić information content (AvgIpc) is 2.35. The highest BCUT2D eigenvalue weighted by molar-refractivity contribution is 5.63. The number of hydrogen-bond acceptors (Lipinski definition) is 2. The van der Waals surface area contributed by atoms with Gasteiger partial charge < -0.3 is 10.1 Å². The smallest absolute Gasteiger partial charge is 0.0733 e. The molecule has 0 atom stereocenters. The second kappa shape index (κ2) is 5.51. The second-order valence-electron chi connectivity index (χ2n) is 4.08. The van der Waals surface area contributed by atoms with Crippen LogP contribution in [0.25, 0.3) is 0 Å². The minimum atomic E-state index is 0.620. The van der Waals surface area contributed by atoms with Crippen molar-refractivity contribution in [1.29, 1.82) is 0 Å². The first-order valence-electron chi connectivity index (χ1n) is 5.70. The van der Waals surface area contributed by atoms with Gasteiger partial charge in [-0.2, -0.15) is 0 Å². The highest BCUT2D eigenvalue weighted by atomic mass is 16.5. The Balaban J connectivity index is 2.20. The SMILES string of the molecule is COCc1ccccc1Nc1ccc(C)cc1. The molecule has 0 saturated carbocycles. The van der Waals surface area contributed by atoms with Crippen LogP contribution in [0.1, 0.15) is 11.1 Å². The highest BCUT2D eigenvalue weighted by Crippen LogP contribution is 2.21. The molecule has 2 heteroatoms. The van der Waals surface area contributed by atoms with Crippen LogP contribution in [0.2, 0.25) is 0 Å². The number of nitrogens with one attached hydrogen (secondary N) is 1. The van der Waals surface area contributed by atoms with E-state index in [-0.39, 0.29) is 0 Å². The summed E-state index contributed by atoms with van der Waals surface area (Å²) >= 11 is 0. The molecule has 17 heavy (non-hydrogen) atoms. The predicted molar refractivity (Wildman–Crippen MR) is 71.6 cm³/mol. The Kier molecular flexibility index (Phi) is 3.78. The van der Waals surface area contributed by atoms with Crippen LogP contribution in [-0.2, 0) is 11.3 Å². The van der Waals surface area contributed by atoms with Gasteiger partial charge in [0.25, 0.3) is 0 Å². The molecule has 2 nitrogen and oxygen atoms in total. The molecule has 2 aromatic carbocycles. The van der Waals surface area contributed by atoms with Crippen molar-refractivity contribution in [3.05, 3.63) is 59.7 Å². The molecule has 0 bridgehead atoms. The van der Waals surface area contributed by atoms with Crippen molar-refractivity contribution in [2.24, 2.45) is 0 Å². The zero-order valence-corrected chi connectivity index (χ0v) is 10.2. The third-order valence-corrected chi connectivity index (χ3v) is 2.65. The van der Waals surface area contributed by atoms with Crippen LogP contribution in [0.15, 0.2) is 48.5 Å². The Morgan fingerprint density at radius 2 is 1.71 bits per heavy atom. The van der Waals surface area contributed by atoms with Gasteiger partial charge >= 0.3 is 0 Å². The van der Waals surface area contributed by atoms with Gasteiger partial charge in [-0.05, 0) is 25.1 Å². The molecule has 0 saturated heterocycles. The van der Waals surface area contributed by atoms with Crippen molar-refractivity contribution >= 4 is 11.4 Å². The molecule has 1 N–H and O–H groups in total. The molecule has 0 unspecified atom stereocenters. The Bertz CT molecular complexity index is 477. The van der Waals surface area contributed by atoms with Crippen molar-refractivity contribution in [1.82, 2.24) is 0 Å². The molecule has 0 aliphatic carbocycles. The summed E-state index contributed by atoms with van der Waals surface area (Å²) in [6.07, 6.45) is 0. The summed E-state index contributed by atoms with van der Waals surface area (Å²) in [6, 6.07) is 16.5. The number of hydrogen-bond donors (Lipinski definition) is 1. The minimum absolute atomic E-state index is 0.620. The van der Waals surface area contributed by atoms with E-state index in [2.05, 4.69) is 48.6 Å². The van der Waals surface area contributed by atoms with E-state index in [1.807, 2.05) is 12.1 Å². The normalized spacial score (nSPS) is 10.2. The quantitative estimate of drug-likeness (QED) is 0.855. The Morgan fingerprint density at radius 1 is 1.00 bits per heavy atom. The van der Waals surface area contributed by atoms with Crippen molar-refractivity contribution < 1.29 is 4.74 Å². The lowest BCUT2D eigenvalue weighted by atomic mass is 10.1. The molecule has 0 aliphatic heterocycles. The van der Waals surface area contributed by atoms with E-state index in [0.717, 1.165) is 16.9 Å². The van der Waals surface area contributed by atoms with Gasteiger partial charge in [-0.15, -0.1) is 0 Å². The third kappa shape index (κ3) is 3.08. The zero-order valence-electron chi connectivity index (χ0n) is 10.2. The van der Waals surface area contributed by atoms with Gasteiger partial charge in [-0.25, -0.2) is 0 Å². The molecule has 88 valence electrons. The largest absolute Gasteiger partial charge is 0.380 e. The lowest BCUT2D eigenvalue weighted by molar-refractivity contribution is 0.185. The fraction of sp³-hybridized carbons (Fsp3) is 0.200. The first-order valence-corrected chi connectivity index (χ1v) is 5.70. The number of aryl methyl sites for hydroxylation is 1. The number of para-hydroxylation sites is 1. The maximum absolute atomic E-state index is 5.19. The maximum Gasteiger partial charge on any atom is 0.0733 e. The second-order valence-corrected chi connectivity index (χ2v) is 4.08. The first-order chi connectivity index (χ1) is 8.29.